The van der Waals surface area contributed by atoms with Gasteiger partial charge in [0.05, 0.1) is 5.69 Å². The van der Waals surface area contributed by atoms with E-state index in [1.165, 1.54) is 6.07 Å². The first-order valence-electron chi connectivity index (χ1n) is 4.43. The van der Waals surface area contributed by atoms with Gasteiger partial charge in [-0.1, -0.05) is 15.9 Å². The van der Waals surface area contributed by atoms with Crippen LogP contribution in [0.15, 0.2) is 27.1 Å². The minimum Gasteiger partial charge on any atom is -0.480 e. The molecule has 0 aliphatic heterocycles. The molecule has 0 radical (unpaired) electrons. The Morgan fingerprint density at radius 1 is 1.41 bits per heavy atom. The number of carboxylic acid groups (broad SMARTS) is 1. The maximum Gasteiger partial charge on any atom is 0.323 e. The molecule has 94 valence electrons. The van der Waals surface area contributed by atoms with Crippen LogP contribution in [0.3, 0.4) is 0 Å². The summed E-state index contributed by atoms with van der Waals surface area (Å²) >= 11 is 6.37. The second kappa shape index (κ2) is 5.36. The van der Waals surface area contributed by atoms with E-state index < -0.39 is 21.2 Å². The monoisotopic (exact) mass is 385 g/mol. The molecule has 0 bridgehead atoms. The molecule has 0 amide bonds. The van der Waals surface area contributed by atoms with E-state index in [2.05, 4.69) is 36.6 Å². The Kier molecular flexibility index (Phi) is 4.56. The van der Waals surface area contributed by atoms with Gasteiger partial charge >= 0.3 is 5.97 Å². The summed E-state index contributed by atoms with van der Waals surface area (Å²) in [7, 11) is -3.95. The van der Waals surface area contributed by atoms with Crippen molar-refractivity contribution in [2.24, 2.45) is 0 Å². The predicted molar refractivity (Wildman–Crippen MR) is 71.5 cm³/mol. The van der Waals surface area contributed by atoms with E-state index in [4.69, 9.17) is 5.11 Å². The predicted octanol–water partition coefficient (Wildman–Crippen LogP) is 2.43. The van der Waals surface area contributed by atoms with Crippen molar-refractivity contribution in [1.29, 1.82) is 0 Å². The zero-order valence-corrected chi connectivity index (χ0v) is 12.6. The lowest BCUT2D eigenvalue weighted by atomic mass is 10.3. The Balaban J connectivity index is 3.06. The highest BCUT2D eigenvalue weighted by Gasteiger charge is 2.28. The van der Waals surface area contributed by atoms with Gasteiger partial charge < -0.3 is 5.11 Å². The fourth-order valence-corrected chi connectivity index (χ4v) is 2.71. The minimum atomic E-state index is -3.95. The number of carboxylic acids is 1. The number of anilines is 1. The first-order valence-corrected chi connectivity index (χ1v) is 7.57. The quantitative estimate of drug-likeness (QED) is 0.832. The van der Waals surface area contributed by atoms with Crippen LogP contribution >= 0.6 is 31.9 Å². The lowest BCUT2D eigenvalue weighted by molar-refractivity contribution is -0.136. The third kappa shape index (κ3) is 3.68. The molecule has 0 saturated heterocycles. The summed E-state index contributed by atoms with van der Waals surface area (Å²) in [5, 5.41) is 7.16. The molecule has 0 fully saturated rings. The number of carbonyl (C=O) groups is 1. The van der Waals surface area contributed by atoms with Crippen molar-refractivity contribution in [2.45, 2.75) is 12.2 Å². The summed E-state index contributed by atoms with van der Waals surface area (Å²) in [5.74, 6) is -1.40. The van der Waals surface area contributed by atoms with Crippen molar-refractivity contribution in [3.8, 4) is 0 Å². The summed E-state index contributed by atoms with van der Waals surface area (Å²) in [5.41, 5.74) is 0.285. The number of hydrogen-bond donors (Lipinski definition) is 2. The molecule has 0 spiro atoms. The van der Waals surface area contributed by atoms with Gasteiger partial charge in [-0.25, -0.2) is 8.42 Å². The molecule has 0 aliphatic carbocycles. The number of halogens is 2. The van der Waals surface area contributed by atoms with Crippen molar-refractivity contribution in [1.82, 2.24) is 0 Å². The Morgan fingerprint density at radius 2 is 2.00 bits per heavy atom. The van der Waals surface area contributed by atoms with Gasteiger partial charge in [-0.15, -0.1) is 0 Å². The highest BCUT2D eigenvalue weighted by Crippen LogP contribution is 2.27. The topological polar surface area (TPSA) is 83.5 Å². The van der Waals surface area contributed by atoms with E-state index in [9.17, 15) is 13.2 Å². The van der Waals surface area contributed by atoms with Crippen molar-refractivity contribution in [3.05, 3.63) is 27.1 Å². The molecular formula is C9H9Br2NO4S. The van der Waals surface area contributed by atoms with E-state index in [-0.39, 0.29) is 5.69 Å². The Bertz CT molecular complexity index is 544. The molecule has 1 atom stereocenters. The molecule has 1 aromatic carbocycles. The molecule has 17 heavy (non-hydrogen) atoms. The SMILES string of the molecule is CC(C(=O)O)S(=O)(=O)Nc1cc(Br)ccc1Br. The van der Waals surface area contributed by atoms with Crippen molar-refractivity contribution in [3.63, 3.8) is 0 Å². The number of nitrogens with one attached hydrogen (secondary N) is 1. The number of rotatable bonds is 4. The maximum atomic E-state index is 11.7. The second-order valence-electron chi connectivity index (χ2n) is 3.25. The second-order valence-corrected chi connectivity index (χ2v) is 7.02. The third-order valence-electron chi connectivity index (χ3n) is 1.99. The summed E-state index contributed by atoms with van der Waals surface area (Å²) in [6.45, 7) is 1.11. The number of hydrogen-bond acceptors (Lipinski definition) is 3. The molecule has 0 saturated carbocycles. The van der Waals surface area contributed by atoms with Gasteiger partial charge in [0.15, 0.2) is 5.25 Å². The van der Waals surface area contributed by atoms with Crippen LogP contribution in [0.25, 0.3) is 0 Å². The zero-order valence-electron chi connectivity index (χ0n) is 8.65. The number of benzene rings is 1. The molecule has 8 heteroatoms. The first-order chi connectivity index (χ1) is 7.74. The van der Waals surface area contributed by atoms with E-state index >= 15 is 0 Å². The van der Waals surface area contributed by atoms with E-state index in [0.29, 0.717) is 8.95 Å². The molecule has 1 aromatic rings. The van der Waals surface area contributed by atoms with Crippen LogP contribution in [0, 0.1) is 0 Å². The molecule has 2 N–H and O–H groups in total. The van der Waals surface area contributed by atoms with Crippen LogP contribution in [0.5, 0.6) is 0 Å². The summed E-state index contributed by atoms with van der Waals surface area (Å²) < 4.78 is 26.8. The minimum absolute atomic E-state index is 0.285. The summed E-state index contributed by atoms with van der Waals surface area (Å²) in [4.78, 5) is 10.6. The van der Waals surface area contributed by atoms with Gasteiger partial charge in [0, 0.05) is 8.95 Å². The summed E-state index contributed by atoms with van der Waals surface area (Å²) in [6.07, 6.45) is 0. The van der Waals surface area contributed by atoms with E-state index in [1.54, 1.807) is 12.1 Å². The highest BCUT2D eigenvalue weighted by atomic mass is 79.9. The molecule has 1 unspecified atom stereocenters. The Labute approximate surface area is 116 Å². The first kappa shape index (κ1) is 14.5. The van der Waals surface area contributed by atoms with Gasteiger partial charge in [-0.05, 0) is 41.1 Å². The average molecular weight is 387 g/mol. The highest BCUT2D eigenvalue weighted by molar-refractivity contribution is 9.11. The van der Waals surface area contributed by atoms with Gasteiger partial charge in [0.1, 0.15) is 0 Å². The van der Waals surface area contributed by atoms with Crippen LogP contribution in [-0.4, -0.2) is 24.7 Å². The average Bonchev–Trinajstić information content (AvgIpc) is 2.21. The Hall–Kier alpha value is -0.600. The Morgan fingerprint density at radius 3 is 2.53 bits per heavy atom. The normalized spacial score (nSPS) is 13.1. The van der Waals surface area contributed by atoms with Crippen LogP contribution in [0.1, 0.15) is 6.92 Å². The third-order valence-corrected chi connectivity index (χ3v) is 4.82. The van der Waals surface area contributed by atoms with Crippen molar-refractivity contribution in [2.75, 3.05) is 4.72 Å². The van der Waals surface area contributed by atoms with Gasteiger partial charge in [-0.2, -0.15) is 0 Å². The smallest absolute Gasteiger partial charge is 0.323 e. The molecule has 1 rings (SSSR count). The summed E-state index contributed by atoms with van der Waals surface area (Å²) in [6, 6.07) is 4.91. The standard InChI is InChI=1S/C9H9Br2NO4S/c1-5(9(13)14)17(15,16)12-8-4-6(10)2-3-7(8)11/h2-5,12H,1H3,(H,13,14). The largest absolute Gasteiger partial charge is 0.480 e. The molecule has 0 heterocycles. The van der Waals surface area contributed by atoms with Gasteiger partial charge in [-0.3, -0.25) is 9.52 Å². The van der Waals surface area contributed by atoms with Gasteiger partial charge in [0.25, 0.3) is 0 Å². The fraction of sp³-hybridized carbons (Fsp3) is 0.222. The zero-order chi connectivity index (χ0) is 13.2. The number of sulfonamides is 1. The van der Waals surface area contributed by atoms with E-state index in [0.717, 1.165) is 6.92 Å². The van der Waals surface area contributed by atoms with E-state index in [1.807, 2.05) is 0 Å². The molecule has 0 aliphatic rings. The van der Waals surface area contributed by atoms with Crippen LogP contribution < -0.4 is 4.72 Å². The lowest BCUT2D eigenvalue weighted by Gasteiger charge is -2.12. The van der Waals surface area contributed by atoms with Crippen molar-refractivity contribution >= 4 is 53.5 Å². The maximum absolute atomic E-state index is 11.7. The molecule has 0 aromatic heterocycles. The van der Waals surface area contributed by atoms with Crippen LogP contribution in [0.4, 0.5) is 5.69 Å². The molecular weight excluding hydrogens is 378 g/mol. The lowest BCUT2D eigenvalue weighted by Crippen LogP contribution is -2.32. The number of aliphatic carboxylic acids is 1. The fourth-order valence-electron chi connectivity index (χ4n) is 0.950. The van der Waals surface area contributed by atoms with Crippen LogP contribution in [0.2, 0.25) is 0 Å². The molecule has 5 nitrogen and oxygen atoms in total. The van der Waals surface area contributed by atoms with Gasteiger partial charge in [0.2, 0.25) is 10.0 Å². The van der Waals surface area contributed by atoms with Crippen molar-refractivity contribution < 1.29 is 18.3 Å². The van der Waals surface area contributed by atoms with Crippen LogP contribution in [-0.2, 0) is 14.8 Å².